The van der Waals surface area contributed by atoms with Gasteiger partial charge < -0.3 is 31.3 Å². The highest BCUT2D eigenvalue weighted by atomic mass is 79.9. The summed E-state index contributed by atoms with van der Waals surface area (Å²) in [5.74, 6) is 1.19. The molecule has 0 saturated carbocycles. The Balaban J connectivity index is 0.00000361. The van der Waals surface area contributed by atoms with Crippen LogP contribution in [0.1, 0.15) is 6.92 Å². The second kappa shape index (κ2) is 7.78. The van der Waals surface area contributed by atoms with Crippen LogP contribution < -0.4 is 27.0 Å². The van der Waals surface area contributed by atoms with E-state index in [9.17, 15) is 5.11 Å². The first-order valence-corrected chi connectivity index (χ1v) is 12.8. The summed E-state index contributed by atoms with van der Waals surface area (Å²) in [6.07, 6.45) is 0.638. The Bertz CT molecular complexity index is 433. The Morgan fingerprint density at radius 2 is 1.80 bits per heavy atom. The Hall–Kier alpha value is -0.0931. The number of phenolic OH excluding ortho intramolecular Hbond substituents is 1. The molecule has 1 aromatic rings. The van der Waals surface area contributed by atoms with E-state index in [2.05, 4.69) is 33.1 Å². The van der Waals surface area contributed by atoms with Crippen molar-refractivity contribution in [3.8, 4) is 11.5 Å². The highest BCUT2D eigenvalue weighted by Crippen LogP contribution is 2.48. The molecule has 0 fully saturated rings. The molecule has 0 aliphatic rings. The van der Waals surface area contributed by atoms with Gasteiger partial charge >= 0.3 is 0 Å². The van der Waals surface area contributed by atoms with Crippen LogP contribution in [0, 0.1) is 0 Å². The van der Waals surface area contributed by atoms with Crippen molar-refractivity contribution in [3.63, 3.8) is 0 Å². The fourth-order valence-electron chi connectivity index (χ4n) is 1.84. The van der Waals surface area contributed by atoms with E-state index in [1.165, 1.54) is 0 Å². The molecule has 0 bridgehead atoms. The number of phenols is 1. The molecule has 0 aliphatic carbocycles. The maximum absolute atomic E-state index is 9.66. The zero-order valence-electron chi connectivity index (χ0n) is 13.2. The SMILES string of the molecule is CCO[Si](C)(C)COc1ccc(O)cc1[P+](C)(C)C.[Br-]. The lowest BCUT2D eigenvalue weighted by atomic mass is 10.3. The van der Waals surface area contributed by atoms with Gasteiger partial charge in [0.2, 0.25) is 8.32 Å². The normalized spacial score (nSPS) is 11.9. The van der Waals surface area contributed by atoms with Crippen LogP contribution in [0.4, 0.5) is 0 Å². The maximum Gasteiger partial charge on any atom is 0.224 e. The second-order valence-corrected chi connectivity index (χ2v) is 14.7. The largest absolute Gasteiger partial charge is 1.00 e. The lowest BCUT2D eigenvalue weighted by Gasteiger charge is -2.23. The molecule has 20 heavy (non-hydrogen) atoms. The van der Waals surface area contributed by atoms with Crippen molar-refractivity contribution in [1.29, 1.82) is 0 Å². The van der Waals surface area contributed by atoms with Crippen LogP contribution in [-0.4, -0.2) is 46.3 Å². The van der Waals surface area contributed by atoms with E-state index < -0.39 is 15.6 Å². The summed E-state index contributed by atoms with van der Waals surface area (Å²) in [4.78, 5) is 0. The van der Waals surface area contributed by atoms with Crippen LogP contribution in [0.3, 0.4) is 0 Å². The lowest BCUT2D eigenvalue weighted by molar-refractivity contribution is -0.00000667. The zero-order valence-corrected chi connectivity index (χ0v) is 16.7. The number of hydrogen-bond donors (Lipinski definition) is 1. The fraction of sp³-hybridized carbons (Fsp3) is 0.571. The van der Waals surface area contributed by atoms with Gasteiger partial charge in [-0.2, -0.15) is 0 Å². The minimum absolute atomic E-state index is 0. The van der Waals surface area contributed by atoms with Crippen LogP contribution >= 0.6 is 7.26 Å². The van der Waals surface area contributed by atoms with E-state index in [1.54, 1.807) is 6.07 Å². The summed E-state index contributed by atoms with van der Waals surface area (Å²) in [6.45, 7) is 13.7. The van der Waals surface area contributed by atoms with Gasteiger partial charge in [0.15, 0.2) is 5.75 Å². The van der Waals surface area contributed by atoms with E-state index in [0.29, 0.717) is 12.0 Å². The van der Waals surface area contributed by atoms with Crippen molar-refractivity contribution in [1.82, 2.24) is 0 Å². The Morgan fingerprint density at radius 1 is 1.20 bits per heavy atom. The first kappa shape index (κ1) is 19.9. The summed E-state index contributed by atoms with van der Waals surface area (Å²) < 4.78 is 11.8. The highest BCUT2D eigenvalue weighted by Gasteiger charge is 2.29. The Kier molecular flexibility index (Phi) is 7.75. The fourth-order valence-corrected chi connectivity index (χ4v) is 4.52. The van der Waals surface area contributed by atoms with Crippen molar-refractivity contribution in [2.45, 2.75) is 20.0 Å². The average Bonchev–Trinajstić information content (AvgIpc) is 2.26. The average molecular weight is 381 g/mol. The van der Waals surface area contributed by atoms with Gasteiger partial charge in [-0.25, -0.2) is 0 Å². The zero-order chi connectivity index (χ0) is 14.7. The van der Waals surface area contributed by atoms with Gasteiger partial charge in [-0.05, 0) is 32.2 Å². The molecule has 0 aliphatic heterocycles. The van der Waals surface area contributed by atoms with Gasteiger partial charge in [0, 0.05) is 19.9 Å². The first-order chi connectivity index (χ1) is 8.65. The molecule has 0 saturated heterocycles. The summed E-state index contributed by atoms with van der Waals surface area (Å²) in [6, 6.07) is 5.38. The first-order valence-electron chi connectivity index (χ1n) is 6.57. The van der Waals surface area contributed by atoms with Crippen LogP contribution in [0.15, 0.2) is 18.2 Å². The van der Waals surface area contributed by atoms with Gasteiger partial charge in [-0.1, -0.05) is 0 Å². The Labute approximate surface area is 134 Å². The number of halogens is 1. The number of rotatable bonds is 6. The van der Waals surface area contributed by atoms with Crippen LogP contribution in [0.25, 0.3) is 0 Å². The van der Waals surface area contributed by atoms with Crippen molar-refractivity contribution >= 4 is 20.9 Å². The predicted molar refractivity (Wildman–Crippen MR) is 87.0 cm³/mol. The standard InChI is InChI=1S/C14H25O3PSi.BrH/c1-7-17-19(5,6)11-16-13-9-8-12(15)10-14(13)18(2,3)4;/h8-10H,7,11H2,1-6H3;1H. The number of benzene rings is 1. The highest BCUT2D eigenvalue weighted by molar-refractivity contribution is 7.81. The van der Waals surface area contributed by atoms with Crippen molar-refractivity contribution < 1.29 is 31.3 Å². The molecule has 6 heteroatoms. The lowest BCUT2D eigenvalue weighted by Crippen LogP contribution is -3.00. The topological polar surface area (TPSA) is 38.7 Å². The number of ether oxygens (including phenoxy) is 1. The molecular formula is C14H26BrO3PSi. The molecule has 116 valence electrons. The molecule has 1 N–H and O–H groups in total. The van der Waals surface area contributed by atoms with E-state index in [0.717, 1.165) is 17.7 Å². The molecule has 0 heterocycles. The van der Waals surface area contributed by atoms with Gasteiger partial charge in [0.05, 0.1) is 20.0 Å². The summed E-state index contributed by atoms with van der Waals surface area (Å²) in [7, 11) is -2.99. The molecule has 0 aromatic heterocycles. The predicted octanol–water partition coefficient (Wildman–Crippen LogP) is 0.0881. The molecule has 1 aromatic carbocycles. The van der Waals surface area contributed by atoms with Gasteiger partial charge in [0.1, 0.15) is 17.3 Å². The molecular weight excluding hydrogens is 355 g/mol. The number of hydrogen-bond acceptors (Lipinski definition) is 3. The van der Waals surface area contributed by atoms with E-state index in [1.807, 2.05) is 19.1 Å². The van der Waals surface area contributed by atoms with Crippen LogP contribution in [0.2, 0.25) is 13.1 Å². The van der Waals surface area contributed by atoms with Crippen molar-refractivity contribution in [2.75, 3.05) is 32.8 Å². The summed E-state index contributed by atoms with van der Waals surface area (Å²) in [5, 5.41) is 10.8. The van der Waals surface area contributed by atoms with E-state index >= 15 is 0 Å². The molecule has 0 unspecified atom stereocenters. The maximum atomic E-state index is 9.66. The third-order valence-electron chi connectivity index (χ3n) is 2.78. The van der Waals surface area contributed by atoms with E-state index in [4.69, 9.17) is 9.16 Å². The number of aromatic hydroxyl groups is 1. The smallest absolute Gasteiger partial charge is 0.224 e. The van der Waals surface area contributed by atoms with Crippen LogP contribution in [0.5, 0.6) is 11.5 Å². The summed E-state index contributed by atoms with van der Waals surface area (Å²) >= 11 is 0. The minimum atomic E-state index is -1.75. The van der Waals surface area contributed by atoms with Gasteiger partial charge in [0.25, 0.3) is 0 Å². The quantitative estimate of drug-likeness (QED) is 0.561. The van der Waals surface area contributed by atoms with Crippen molar-refractivity contribution in [2.24, 2.45) is 0 Å². The third-order valence-corrected chi connectivity index (χ3v) is 6.48. The van der Waals surface area contributed by atoms with Gasteiger partial charge in [-0.15, -0.1) is 0 Å². The monoisotopic (exact) mass is 380 g/mol. The molecule has 0 atom stereocenters. The van der Waals surface area contributed by atoms with E-state index in [-0.39, 0.29) is 17.0 Å². The molecule has 0 spiro atoms. The second-order valence-electron chi connectivity index (χ2n) is 6.15. The molecule has 0 radical (unpaired) electrons. The van der Waals surface area contributed by atoms with Crippen molar-refractivity contribution in [3.05, 3.63) is 18.2 Å². The molecule has 1 rings (SSSR count). The summed E-state index contributed by atoms with van der Waals surface area (Å²) in [5.41, 5.74) is 0. The van der Waals surface area contributed by atoms with Gasteiger partial charge in [-0.3, -0.25) is 0 Å². The molecule has 3 nitrogen and oxygen atoms in total. The third kappa shape index (κ3) is 6.13. The van der Waals surface area contributed by atoms with Crippen LogP contribution in [-0.2, 0) is 4.43 Å². The minimum Gasteiger partial charge on any atom is -1.00 e. The Morgan fingerprint density at radius 3 is 2.30 bits per heavy atom. The molecule has 0 amide bonds.